The van der Waals surface area contributed by atoms with Crippen molar-refractivity contribution >= 4 is 38.7 Å². The molecule has 2 aliphatic rings. The number of hydrogen-bond acceptors (Lipinski definition) is 5. The number of nitrogens with one attached hydrogen (secondary N) is 2. The monoisotopic (exact) mass is 481 g/mol. The molecule has 1 aliphatic carbocycles. The molecule has 9 nitrogen and oxygen atoms in total. The Morgan fingerprint density at radius 2 is 1.79 bits per heavy atom. The van der Waals surface area contributed by atoms with E-state index in [-0.39, 0.29) is 24.2 Å². The normalized spacial score (nSPS) is 17.1. The van der Waals surface area contributed by atoms with E-state index in [1.807, 2.05) is 42.6 Å². The van der Waals surface area contributed by atoms with Gasteiger partial charge in [-0.15, -0.1) is 0 Å². The minimum Gasteiger partial charge on any atom is -0.346 e. The second-order valence-corrected chi connectivity index (χ2v) is 11.0. The lowest BCUT2D eigenvalue weighted by Gasteiger charge is -2.33. The highest BCUT2D eigenvalue weighted by Crippen LogP contribution is 2.33. The molecule has 10 heteroatoms. The number of nitrogens with zero attached hydrogens (tertiary/aromatic N) is 3. The molecule has 5 rings (SSSR count). The average molecular weight is 482 g/mol. The van der Waals surface area contributed by atoms with Crippen LogP contribution in [-0.4, -0.2) is 71.8 Å². The summed E-state index contributed by atoms with van der Waals surface area (Å²) in [5, 5.41) is 3.88. The van der Waals surface area contributed by atoms with Crippen LogP contribution in [0.5, 0.6) is 0 Å². The van der Waals surface area contributed by atoms with Crippen LogP contribution >= 0.6 is 0 Å². The number of amides is 2. The highest BCUT2D eigenvalue weighted by atomic mass is 32.2. The summed E-state index contributed by atoms with van der Waals surface area (Å²) in [6, 6.07) is 11.6. The van der Waals surface area contributed by atoms with Gasteiger partial charge in [0.25, 0.3) is 0 Å². The van der Waals surface area contributed by atoms with Gasteiger partial charge in [-0.25, -0.2) is 13.4 Å². The minimum atomic E-state index is -3.22. The van der Waals surface area contributed by atoms with Crippen molar-refractivity contribution in [1.29, 1.82) is 0 Å². The van der Waals surface area contributed by atoms with Crippen molar-refractivity contribution in [1.82, 2.24) is 19.2 Å². The fourth-order valence-corrected chi connectivity index (χ4v) is 5.10. The third-order valence-electron chi connectivity index (χ3n) is 6.41. The molecule has 2 N–H and O–H groups in total. The van der Waals surface area contributed by atoms with Crippen molar-refractivity contribution in [2.75, 3.05) is 37.8 Å². The number of carbonyl (C=O) groups is 2. The third kappa shape index (κ3) is 4.83. The Balaban J connectivity index is 1.29. The van der Waals surface area contributed by atoms with Gasteiger partial charge in [0, 0.05) is 43.7 Å². The Kier molecular flexibility index (Phi) is 5.86. The van der Waals surface area contributed by atoms with Crippen molar-refractivity contribution in [2.45, 2.75) is 19.3 Å². The largest absolute Gasteiger partial charge is 0.346 e. The number of aromatic nitrogens is 2. The SMILES string of the molecule is CS(=O)(=O)N1CCN(C(=O)Cc2ccc(-c3cc(NC(=O)C4CC4)nc4[nH]ccc34)cc2)CC1. The molecule has 0 unspecified atom stereocenters. The first-order valence-electron chi connectivity index (χ1n) is 11.4. The summed E-state index contributed by atoms with van der Waals surface area (Å²) in [5.74, 6) is 0.614. The molecule has 0 radical (unpaired) electrons. The molecule has 1 aliphatic heterocycles. The summed E-state index contributed by atoms with van der Waals surface area (Å²) >= 11 is 0. The molecule has 34 heavy (non-hydrogen) atoms. The summed E-state index contributed by atoms with van der Waals surface area (Å²) in [6.07, 6.45) is 5.13. The molecule has 3 aromatic rings. The number of rotatable bonds is 6. The van der Waals surface area contributed by atoms with Crippen molar-refractivity contribution in [3.05, 3.63) is 48.2 Å². The average Bonchev–Trinajstić information content (AvgIpc) is 3.56. The summed E-state index contributed by atoms with van der Waals surface area (Å²) in [6.45, 7) is 1.47. The molecule has 1 saturated carbocycles. The van der Waals surface area contributed by atoms with E-state index in [0.717, 1.165) is 34.9 Å². The van der Waals surface area contributed by atoms with Crippen LogP contribution in [0.4, 0.5) is 5.82 Å². The van der Waals surface area contributed by atoms with E-state index < -0.39 is 10.0 Å². The molecule has 1 aromatic carbocycles. The van der Waals surface area contributed by atoms with E-state index in [4.69, 9.17) is 0 Å². The number of hydrogen-bond donors (Lipinski definition) is 2. The Bertz CT molecular complexity index is 1340. The lowest BCUT2D eigenvalue weighted by molar-refractivity contribution is -0.131. The van der Waals surface area contributed by atoms with Crippen molar-refractivity contribution < 1.29 is 18.0 Å². The van der Waals surface area contributed by atoms with Crippen LogP contribution in [0.2, 0.25) is 0 Å². The van der Waals surface area contributed by atoms with E-state index in [1.165, 1.54) is 10.6 Å². The Morgan fingerprint density at radius 1 is 1.09 bits per heavy atom. The second kappa shape index (κ2) is 8.84. The third-order valence-corrected chi connectivity index (χ3v) is 7.71. The first kappa shape index (κ1) is 22.5. The fraction of sp³-hybridized carbons (Fsp3) is 0.375. The summed E-state index contributed by atoms with van der Waals surface area (Å²) < 4.78 is 24.7. The smallest absolute Gasteiger partial charge is 0.228 e. The van der Waals surface area contributed by atoms with Crippen LogP contribution in [0.1, 0.15) is 18.4 Å². The van der Waals surface area contributed by atoms with Gasteiger partial charge in [0.15, 0.2) is 0 Å². The number of anilines is 1. The van der Waals surface area contributed by atoms with Crippen LogP contribution in [0.25, 0.3) is 22.2 Å². The number of H-pyrrole nitrogens is 1. The van der Waals surface area contributed by atoms with Gasteiger partial charge >= 0.3 is 0 Å². The van der Waals surface area contributed by atoms with Crippen LogP contribution in [0, 0.1) is 5.92 Å². The maximum Gasteiger partial charge on any atom is 0.228 e. The second-order valence-electron chi connectivity index (χ2n) is 8.98. The highest BCUT2D eigenvalue weighted by Gasteiger charge is 2.30. The van der Waals surface area contributed by atoms with Gasteiger partial charge in [-0.3, -0.25) is 9.59 Å². The Hall–Kier alpha value is -3.24. The van der Waals surface area contributed by atoms with Gasteiger partial charge in [-0.1, -0.05) is 24.3 Å². The van der Waals surface area contributed by atoms with Crippen LogP contribution in [0.3, 0.4) is 0 Å². The van der Waals surface area contributed by atoms with Crippen molar-refractivity contribution in [2.24, 2.45) is 5.92 Å². The van der Waals surface area contributed by atoms with E-state index >= 15 is 0 Å². The molecule has 2 aromatic heterocycles. The highest BCUT2D eigenvalue weighted by molar-refractivity contribution is 7.88. The predicted molar refractivity (Wildman–Crippen MR) is 130 cm³/mol. The zero-order chi connectivity index (χ0) is 23.9. The zero-order valence-corrected chi connectivity index (χ0v) is 19.8. The van der Waals surface area contributed by atoms with E-state index in [9.17, 15) is 18.0 Å². The number of fused-ring (bicyclic) bond motifs is 1. The molecule has 0 spiro atoms. The minimum absolute atomic E-state index is 0.00980. The molecule has 0 atom stereocenters. The van der Waals surface area contributed by atoms with E-state index in [0.29, 0.717) is 37.6 Å². The number of benzene rings is 1. The maximum atomic E-state index is 12.7. The lowest BCUT2D eigenvalue weighted by Crippen LogP contribution is -2.50. The van der Waals surface area contributed by atoms with Crippen molar-refractivity contribution in [3.63, 3.8) is 0 Å². The standard InChI is InChI=1S/C24H27N5O4S/c1-34(32,33)29-12-10-28(11-13-29)22(30)14-16-2-4-17(5-3-16)20-15-21(27-24(31)18-6-7-18)26-23-19(20)8-9-25-23/h2-5,8-9,15,18H,6-7,10-14H2,1H3,(H2,25,26,27,31). The van der Waals surface area contributed by atoms with Crippen molar-refractivity contribution in [3.8, 4) is 11.1 Å². The summed E-state index contributed by atoms with van der Waals surface area (Å²) in [5.41, 5.74) is 3.51. The fourth-order valence-electron chi connectivity index (χ4n) is 4.27. The predicted octanol–water partition coefficient (Wildman–Crippen LogP) is 2.22. The lowest BCUT2D eigenvalue weighted by atomic mass is 10.0. The maximum absolute atomic E-state index is 12.7. The Labute approximate surface area is 198 Å². The van der Waals surface area contributed by atoms with Gasteiger partial charge in [0.1, 0.15) is 11.5 Å². The van der Waals surface area contributed by atoms with Crippen LogP contribution < -0.4 is 5.32 Å². The Morgan fingerprint density at radius 3 is 2.44 bits per heavy atom. The van der Waals surface area contributed by atoms with Crippen LogP contribution in [0.15, 0.2) is 42.6 Å². The van der Waals surface area contributed by atoms with Gasteiger partial charge in [-0.05, 0) is 41.7 Å². The molecule has 0 bridgehead atoms. The number of sulfonamides is 1. The van der Waals surface area contributed by atoms with Gasteiger partial charge < -0.3 is 15.2 Å². The summed E-state index contributed by atoms with van der Waals surface area (Å²) in [4.78, 5) is 34.3. The molecule has 178 valence electrons. The summed E-state index contributed by atoms with van der Waals surface area (Å²) in [7, 11) is -3.22. The van der Waals surface area contributed by atoms with E-state index in [2.05, 4.69) is 15.3 Å². The number of carbonyl (C=O) groups excluding carboxylic acids is 2. The quantitative estimate of drug-likeness (QED) is 0.560. The first-order chi connectivity index (χ1) is 16.3. The van der Waals surface area contributed by atoms with Crippen LogP contribution in [-0.2, 0) is 26.0 Å². The zero-order valence-electron chi connectivity index (χ0n) is 19.0. The number of pyridine rings is 1. The van der Waals surface area contributed by atoms with E-state index in [1.54, 1.807) is 4.90 Å². The van der Waals surface area contributed by atoms with Gasteiger partial charge in [-0.2, -0.15) is 4.31 Å². The molecular formula is C24H27N5O4S. The number of aromatic amines is 1. The molecule has 1 saturated heterocycles. The topological polar surface area (TPSA) is 115 Å². The molecular weight excluding hydrogens is 454 g/mol. The molecule has 2 amide bonds. The first-order valence-corrected chi connectivity index (χ1v) is 13.2. The van der Waals surface area contributed by atoms with Gasteiger partial charge in [0.2, 0.25) is 21.8 Å². The number of piperazine rings is 1. The molecule has 2 fully saturated rings. The van der Waals surface area contributed by atoms with Gasteiger partial charge in [0.05, 0.1) is 12.7 Å². The molecule has 3 heterocycles.